The smallest absolute Gasteiger partial charge is 0.354 e. The number of rotatable bonds is 4. The third kappa shape index (κ3) is 4.43. The van der Waals surface area contributed by atoms with Crippen LogP contribution in [0.2, 0.25) is 5.02 Å². The molecule has 0 aliphatic heterocycles. The third-order valence-electron chi connectivity index (χ3n) is 2.03. The summed E-state index contributed by atoms with van der Waals surface area (Å²) in [7, 11) is 1.19. The predicted molar refractivity (Wildman–Crippen MR) is 69.8 cm³/mol. The van der Waals surface area contributed by atoms with Gasteiger partial charge >= 0.3 is 5.97 Å². The lowest BCUT2D eigenvalue weighted by Gasteiger charge is -1.96. The van der Waals surface area contributed by atoms with Crippen molar-refractivity contribution >= 4 is 29.4 Å². The molecular formula is C13H12ClNO3. The van der Waals surface area contributed by atoms with Crippen LogP contribution < -0.4 is 5.73 Å². The number of benzene rings is 1. The molecule has 1 aromatic carbocycles. The maximum atomic E-state index is 11.4. The predicted octanol–water partition coefficient (Wildman–Crippen LogP) is 1.94. The van der Waals surface area contributed by atoms with E-state index in [0.717, 1.165) is 11.6 Å². The maximum Gasteiger partial charge on any atom is 0.354 e. The van der Waals surface area contributed by atoms with Crippen LogP contribution in [0.1, 0.15) is 5.56 Å². The second kappa shape index (κ2) is 6.61. The molecule has 4 nitrogen and oxygen atoms in total. The fourth-order valence-corrected chi connectivity index (χ4v) is 1.26. The van der Waals surface area contributed by atoms with Gasteiger partial charge in [-0.1, -0.05) is 29.8 Å². The number of allylic oxidation sites excluding steroid dienone is 2. The average molecular weight is 266 g/mol. The molecule has 18 heavy (non-hydrogen) atoms. The summed E-state index contributed by atoms with van der Waals surface area (Å²) in [5, 5.41) is 0.619. The molecule has 1 rings (SSSR count). The molecule has 0 aliphatic rings. The monoisotopic (exact) mass is 265 g/mol. The van der Waals surface area contributed by atoms with Gasteiger partial charge in [0.1, 0.15) is 5.70 Å². The number of nitrogens with two attached hydrogens (primary N) is 1. The minimum atomic E-state index is -0.733. The molecule has 0 amide bonds. The molecule has 0 radical (unpaired) electrons. The fraction of sp³-hybridized carbons (Fsp3) is 0.0769. The zero-order valence-corrected chi connectivity index (χ0v) is 10.5. The fourth-order valence-electron chi connectivity index (χ4n) is 1.13. The highest BCUT2D eigenvalue weighted by Crippen LogP contribution is 2.10. The number of esters is 1. The van der Waals surface area contributed by atoms with E-state index in [-0.39, 0.29) is 5.70 Å². The molecule has 0 fully saturated rings. The van der Waals surface area contributed by atoms with Crippen LogP contribution in [0, 0.1) is 0 Å². The van der Waals surface area contributed by atoms with Gasteiger partial charge in [-0.15, -0.1) is 0 Å². The van der Waals surface area contributed by atoms with Gasteiger partial charge in [-0.25, -0.2) is 4.79 Å². The number of carbonyl (C=O) groups excluding carboxylic acids is 2. The van der Waals surface area contributed by atoms with Crippen molar-refractivity contribution in [3.8, 4) is 0 Å². The largest absolute Gasteiger partial charge is 0.464 e. The highest BCUT2D eigenvalue weighted by Gasteiger charge is 2.05. The standard InChI is InChI=1S/C13H12ClNO3/c1-18-13(17)12(15)8-11(16)7-4-9-2-5-10(14)6-3-9/h2-8H,15H2,1H3. The molecule has 0 heterocycles. The van der Waals surface area contributed by atoms with Crippen LogP contribution in [0.4, 0.5) is 0 Å². The molecule has 1 aromatic rings. The molecule has 0 atom stereocenters. The van der Waals surface area contributed by atoms with Crippen molar-refractivity contribution in [1.29, 1.82) is 0 Å². The topological polar surface area (TPSA) is 69.4 Å². The van der Waals surface area contributed by atoms with Gasteiger partial charge in [-0.3, -0.25) is 4.79 Å². The van der Waals surface area contributed by atoms with Crippen LogP contribution >= 0.6 is 11.6 Å². The van der Waals surface area contributed by atoms with E-state index in [1.165, 1.54) is 13.2 Å². The number of carbonyl (C=O) groups is 2. The van der Waals surface area contributed by atoms with E-state index in [4.69, 9.17) is 17.3 Å². The molecule has 94 valence electrons. The van der Waals surface area contributed by atoms with Crippen LogP contribution in [0.5, 0.6) is 0 Å². The first kappa shape index (κ1) is 14.0. The van der Waals surface area contributed by atoms with Crippen molar-refractivity contribution in [3.05, 3.63) is 52.7 Å². The molecule has 5 heteroatoms. The molecule has 0 unspecified atom stereocenters. The van der Waals surface area contributed by atoms with Gasteiger partial charge < -0.3 is 10.5 Å². The molecule has 0 saturated carbocycles. The first-order chi connectivity index (χ1) is 8.52. The second-order valence-corrected chi connectivity index (χ2v) is 3.81. The molecule has 0 bridgehead atoms. The lowest BCUT2D eigenvalue weighted by molar-refractivity contribution is -0.136. The van der Waals surface area contributed by atoms with Crippen molar-refractivity contribution in [2.24, 2.45) is 5.73 Å². The van der Waals surface area contributed by atoms with Crippen LogP contribution in [-0.2, 0) is 14.3 Å². The minimum Gasteiger partial charge on any atom is -0.464 e. The Morgan fingerprint density at radius 2 is 1.89 bits per heavy atom. The molecule has 0 aromatic heterocycles. The van der Waals surface area contributed by atoms with E-state index < -0.39 is 11.8 Å². The Hall–Kier alpha value is -2.07. The first-order valence-corrected chi connectivity index (χ1v) is 5.44. The summed E-state index contributed by atoms with van der Waals surface area (Å²) in [5.74, 6) is -1.13. The molecular weight excluding hydrogens is 254 g/mol. The van der Waals surface area contributed by atoms with Crippen LogP contribution in [0.25, 0.3) is 6.08 Å². The van der Waals surface area contributed by atoms with Crippen LogP contribution in [0.3, 0.4) is 0 Å². The van der Waals surface area contributed by atoms with E-state index >= 15 is 0 Å². The molecule has 0 saturated heterocycles. The summed E-state index contributed by atoms with van der Waals surface area (Å²) >= 11 is 5.73. The Bertz CT molecular complexity index is 503. The number of hydrogen-bond acceptors (Lipinski definition) is 4. The van der Waals surface area contributed by atoms with Gasteiger partial charge in [0.25, 0.3) is 0 Å². The van der Waals surface area contributed by atoms with E-state index in [1.54, 1.807) is 30.3 Å². The Morgan fingerprint density at radius 1 is 1.28 bits per heavy atom. The minimum absolute atomic E-state index is 0.233. The van der Waals surface area contributed by atoms with Crippen molar-refractivity contribution in [3.63, 3.8) is 0 Å². The highest BCUT2D eigenvalue weighted by molar-refractivity contribution is 6.30. The molecule has 0 aliphatic carbocycles. The van der Waals surface area contributed by atoms with Gasteiger partial charge in [0.15, 0.2) is 5.78 Å². The Kier molecular flexibility index (Phi) is 5.14. The Balaban J connectivity index is 2.70. The van der Waals surface area contributed by atoms with Gasteiger partial charge in [0.2, 0.25) is 0 Å². The lowest BCUT2D eigenvalue weighted by atomic mass is 10.2. The number of ketones is 1. The zero-order chi connectivity index (χ0) is 13.5. The Labute approximate surface area is 110 Å². The average Bonchev–Trinajstić information content (AvgIpc) is 2.37. The number of ether oxygens (including phenoxy) is 1. The number of methoxy groups -OCH3 is 1. The summed E-state index contributed by atoms with van der Waals surface area (Å²) in [6.07, 6.45) is 3.91. The second-order valence-electron chi connectivity index (χ2n) is 3.38. The summed E-state index contributed by atoms with van der Waals surface area (Å²) in [6.45, 7) is 0. The maximum absolute atomic E-state index is 11.4. The van der Waals surface area contributed by atoms with E-state index in [1.807, 2.05) is 0 Å². The highest BCUT2D eigenvalue weighted by atomic mass is 35.5. The van der Waals surface area contributed by atoms with E-state index in [0.29, 0.717) is 5.02 Å². The summed E-state index contributed by atoms with van der Waals surface area (Å²) in [6, 6.07) is 6.95. The van der Waals surface area contributed by atoms with Crippen LogP contribution in [-0.4, -0.2) is 18.9 Å². The van der Waals surface area contributed by atoms with Crippen molar-refractivity contribution in [1.82, 2.24) is 0 Å². The SMILES string of the molecule is COC(=O)C(N)=CC(=O)C=Cc1ccc(Cl)cc1. The third-order valence-corrected chi connectivity index (χ3v) is 2.28. The van der Waals surface area contributed by atoms with Crippen molar-refractivity contribution < 1.29 is 14.3 Å². The quantitative estimate of drug-likeness (QED) is 0.667. The lowest BCUT2D eigenvalue weighted by Crippen LogP contribution is -2.14. The molecule has 2 N–H and O–H groups in total. The van der Waals surface area contributed by atoms with Gasteiger partial charge in [-0.2, -0.15) is 0 Å². The van der Waals surface area contributed by atoms with E-state index in [2.05, 4.69) is 4.74 Å². The van der Waals surface area contributed by atoms with Gasteiger partial charge in [0, 0.05) is 11.1 Å². The van der Waals surface area contributed by atoms with Crippen molar-refractivity contribution in [2.45, 2.75) is 0 Å². The number of halogens is 1. The van der Waals surface area contributed by atoms with Gasteiger partial charge in [0.05, 0.1) is 7.11 Å². The van der Waals surface area contributed by atoms with E-state index in [9.17, 15) is 9.59 Å². The van der Waals surface area contributed by atoms with Gasteiger partial charge in [-0.05, 0) is 23.8 Å². The Morgan fingerprint density at radius 3 is 2.44 bits per heavy atom. The zero-order valence-electron chi connectivity index (χ0n) is 9.72. The molecule has 0 spiro atoms. The normalized spacial score (nSPS) is 11.6. The summed E-state index contributed by atoms with van der Waals surface area (Å²) < 4.78 is 4.37. The van der Waals surface area contributed by atoms with Crippen molar-refractivity contribution in [2.75, 3.05) is 7.11 Å². The first-order valence-electron chi connectivity index (χ1n) is 5.06. The summed E-state index contributed by atoms with van der Waals surface area (Å²) in [4.78, 5) is 22.4. The van der Waals surface area contributed by atoms with Crippen LogP contribution in [0.15, 0.2) is 42.1 Å². The summed E-state index contributed by atoms with van der Waals surface area (Å²) in [5.41, 5.74) is 5.92. The number of hydrogen-bond donors (Lipinski definition) is 1.